The molecule has 2 aromatic carbocycles. The summed E-state index contributed by atoms with van der Waals surface area (Å²) in [6, 6.07) is 9.92. The highest BCUT2D eigenvalue weighted by Crippen LogP contribution is 2.14. The third-order valence-corrected chi connectivity index (χ3v) is 5.62. The molecule has 0 saturated heterocycles. The molecule has 0 aromatic heterocycles. The first-order chi connectivity index (χ1) is 13.6. The number of ketones is 1. The Kier molecular flexibility index (Phi) is 7.64. The van der Waals surface area contributed by atoms with Crippen molar-refractivity contribution >= 4 is 21.8 Å². The molecule has 0 fully saturated rings. The summed E-state index contributed by atoms with van der Waals surface area (Å²) >= 11 is 0. The second-order valence-electron chi connectivity index (χ2n) is 7.15. The van der Waals surface area contributed by atoms with E-state index in [-0.39, 0.29) is 22.8 Å². The SMILES string of the molecule is Cc1ccc(S(=O)(=O)N[C@@H](CC(C)C)C(=O)OCC(=O)c2ccc(F)cc2)cc1. The Hall–Kier alpha value is -2.58. The summed E-state index contributed by atoms with van der Waals surface area (Å²) in [6.45, 7) is 4.94. The maximum absolute atomic E-state index is 12.9. The largest absolute Gasteiger partial charge is 0.456 e. The minimum atomic E-state index is -3.94. The van der Waals surface area contributed by atoms with Gasteiger partial charge in [0.05, 0.1) is 4.90 Å². The van der Waals surface area contributed by atoms with Crippen LogP contribution in [0.15, 0.2) is 53.4 Å². The van der Waals surface area contributed by atoms with Gasteiger partial charge >= 0.3 is 5.97 Å². The molecule has 1 atom stereocenters. The van der Waals surface area contributed by atoms with Crippen LogP contribution in [0.2, 0.25) is 0 Å². The third kappa shape index (κ3) is 6.76. The zero-order valence-corrected chi connectivity index (χ0v) is 17.3. The molecule has 156 valence electrons. The summed E-state index contributed by atoms with van der Waals surface area (Å²) < 4.78 is 45.6. The van der Waals surface area contributed by atoms with Crippen LogP contribution >= 0.6 is 0 Å². The van der Waals surface area contributed by atoms with E-state index in [9.17, 15) is 22.4 Å². The first-order valence-electron chi connectivity index (χ1n) is 9.13. The summed E-state index contributed by atoms with van der Waals surface area (Å²) in [4.78, 5) is 24.6. The topological polar surface area (TPSA) is 89.5 Å². The third-order valence-electron chi connectivity index (χ3n) is 4.13. The number of sulfonamides is 1. The van der Waals surface area contributed by atoms with Gasteiger partial charge in [-0.2, -0.15) is 4.72 Å². The van der Waals surface area contributed by atoms with Crippen LogP contribution in [0.5, 0.6) is 0 Å². The number of hydrogen-bond donors (Lipinski definition) is 1. The average Bonchev–Trinajstić information content (AvgIpc) is 2.65. The number of Topliss-reactive ketones (excluding diaryl/α,β-unsaturated/α-hetero) is 1. The van der Waals surface area contributed by atoms with Crippen LogP contribution in [0.25, 0.3) is 0 Å². The van der Waals surface area contributed by atoms with Crippen molar-refractivity contribution < 1.29 is 27.1 Å². The van der Waals surface area contributed by atoms with E-state index in [0.717, 1.165) is 17.7 Å². The molecule has 0 aliphatic carbocycles. The Bertz CT molecular complexity index is 954. The van der Waals surface area contributed by atoms with Crippen molar-refractivity contribution in [1.29, 1.82) is 0 Å². The lowest BCUT2D eigenvalue weighted by Gasteiger charge is -2.19. The summed E-state index contributed by atoms with van der Waals surface area (Å²) in [5.74, 6) is -1.84. The summed E-state index contributed by atoms with van der Waals surface area (Å²) in [5, 5.41) is 0. The minimum Gasteiger partial charge on any atom is -0.456 e. The maximum Gasteiger partial charge on any atom is 0.324 e. The molecular formula is C21H24FNO5S. The second-order valence-corrected chi connectivity index (χ2v) is 8.87. The lowest BCUT2D eigenvalue weighted by molar-refractivity contribution is -0.144. The van der Waals surface area contributed by atoms with Crippen LogP contribution in [0, 0.1) is 18.7 Å². The Morgan fingerprint density at radius 1 is 1.03 bits per heavy atom. The van der Waals surface area contributed by atoms with Gasteiger partial charge in [0.25, 0.3) is 0 Å². The number of carbonyl (C=O) groups excluding carboxylic acids is 2. The van der Waals surface area contributed by atoms with Crippen LogP contribution in [0.3, 0.4) is 0 Å². The van der Waals surface area contributed by atoms with E-state index >= 15 is 0 Å². The van der Waals surface area contributed by atoms with Crippen LogP contribution in [0.1, 0.15) is 36.2 Å². The number of esters is 1. The lowest BCUT2D eigenvalue weighted by atomic mass is 10.0. The van der Waals surface area contributed by atoms with Gasteiger partial charge in [-0.1, -0.05) is 31.5 Å². The van der Waals surface area contributed by atoms with Crippen molar-refractivity contribution in [3.8, 4) is 0 Å². The summed E-state index contributed by atoms with van der Waals surface area (Å²) in [5.41, 5.74) is 1.10. The molecule has 0 aliphatic heterocycles. The number of nitrogens with one attached hydrogen (secondary N) is 1. The molecule has 29 heavy (non-hydrogen) atoms. The molecule has 1 N–H and O–H groups in total. The van der Waals surface area contributed by atoms with Crippen LogP contribution < -0.4 is 4.72 Å². The minimum absolute atomic E-state index is 0.000989. The number of benzene rings is 2. The number of halogens is 1. The number of aryl methyl sites for hydroxylation is 1. The first-order valence-corrected chi connectivity index (χ1v) is 10.6. The van der Waals surface area contributed by atoms with Gasteiger partial charge in [-0.05, 0) is 55.7 Å². The lowest BCUT2D eigenvalue weighted by Crippen LogP contribution is -2.43. The summed E-state index contributed by atoms with van der Waals surface area (Å²) in [7, 11) is -3.94. The number of carbonyl (C=O) groups is 2. The number of hydrogen-bond acceptors (Lipinski definition) is 5. The van der Waals surface area contributed by atoms with Crippen LogP contribution in [0.4, 0.5) is 4.39 Å². The van der Waals surface area contributed by atoms with Gasteiger partial charge in [0, 0.05) is 5.56 Å². The average molecular weight is 421 g/mol. The fraction of sp³-hybridized carbons (Fsp3) is 0.333. The first kappa shape index (κ1) is 22.7. The van der Waals surface area contributed by atoms with Crippen LogP contribution in [-0.2, 0) is 19.6 Å². The van der Waals surface area contributed by atoms with Crippen molar-refractivity contribution in [3.63, 3.8) is 0 Å². The van der Waals surface area contributed by atoms with E-state index in [1.54, 1.807) is 12.1 Å². The van der Waals surface area contributed by atoms with Gasteiger partial charge in [0.2, 0.25) is 10.0 Å². The molecule has 0 aliphatic rings. The second kappa shape index (κ2) is 9.76. The van der Waals surface area contributed by atoms with E-state index < -0.39 is 40.2 Å². The molecule has 0 radical (unpaired) electrons. The monoisotopic (exact) mass is 421 g/mol. The molecule has 2 aromatic rings. The number of rotatable bonds is 9. The molecule has 8 heteroatoms. The van der Waals surface area contributed by atoms with Gasteiger partial charge in [-0.15, -0.1) is 0 Å². The van der Waals surface area contributed by atoms with Gasteiger partial charge in [-0.3, -0.25) is 9.59 Å². The van der Waals surface area contributed by atoms with E-state index in [1.165, 1.54) is 24.3 Å². The highest BCUT2D eigenvalue weighted by molar-refractivity contribution is 7.89. The van der Waals surface area contributed by atoms with Crippen molar-refractivity contribution in [1.82, 2.24) is 4.72 Å². The van der Waals surface area contributed by atoms with Crippen molar-refractivity contribution in [2.75, 3.05) is 6.61 Å². The smallest absolute Gasteiger partial charge is 0.324 e. The Morgan fingerprint density at radius 2 is 1.62 bits per heavy atom. The highest BCUT2D eigenvalue weighted by Gasteiger charge is 2.28. The molecule has 0 saturated carbocycles. The molecule has 0 amide bonds. The maximum atomic E-state index is 12.9. The van der Waals surface area contributed by atoms with Gasteiger partial charge in [0.15, 0.2) is 12.4 Å². The van der Waals surface area contributed by atoms with E-state index in [1.807, 2.05) is 20.8 Å². The quantitative estimate of drug-likeness (QED) is 0.496. The van der Waals surface area contributed by atoms with Crippen molar-refractivity contribution in [2.45, 2.75) is 38.1 Å². The molecular weight excluding hydrogens is 397 g/mol. The highest BCUT2D eigenvalue weighted by atomic mass is 32.2. The van der Waals surface area contributed by atoms with Gasteiger partial charge in [0.1, 0.15) is 11.9 Å². The fourth-order valence-corrected chi connectivity index (χ4v) is 3.79. The van der Waals surface area contributed by atoms with Crippen LogP contribution in [-0.4, -0.2) is 32.8 Å². The van der Waals surface area contributed by atoms with Gasteiger partial charge in [-0.25, -0.2) is 12.8 Å². The molecule has 0 heterocycles. The molecule has 0 unspecified atom stereocenters. The molecule has 6 nitrogen and oxygen atoms in total. The van der Waals surface area contributed by atoms with E-state index in [4.69, 9.17) is 4.74 Å². The zero-order valence-electron chi connectivity index (χ0n) is 16.5. The standard InChI is InChI=1S/C21H24FNO5S/c1-14(2)12-19(23-29(26,27)18-10-4-15(3)5-11-18)21(25)28-13-20(24)16-6-8-17(22)9-7-16/h4-11,14,19,23H,12-13H2,1-3H3/t19-/m0/s1. The Morgan fingerprint density at radius 3 is 2.17 bits per heavy atom. The van der Waals surface area contributed by atoms with Crippen molar-refractivity contribution in [3.05, 3.63) is 65.5 Å². The summed E-state index contributed by atoms with van der Waals surface area (Å²) in [6.07, 6.45) is 0.203. The predicted octanol–water partition coefficient (Wildman–Crippen LogP) is 3.25. The van der Waals surface area contributed by atoms with E-state index in [0.29, 0.717) is 0 Å². The fourth-order valence-electron chi connectivity index (χ4n) is 2.59. The van der Waals surface area contributed by atoms with E-state index in [2.05, 4.69) is 4.72 Å². The Balaban J connectivity index is 2.08. The number of ether oxygens (including phenoxy) is 1. The normalized spacial score (nSPS) is 12.6. The molecule has 0 spiro atoms. The predicted molar refractivity (Wildman–Crippen MR) is 106 cm³/mol. The molecule has 2 rings (SSSR count). The zero-order chi connectivity index (χ0) is 21.6. The van der Waals surface area contributed by atoms with Crippen molar-refractivity contribution in [2.24, 2.45) is 5.92 Å². The van der Waals surface area contributed by atoms with Gasteiger partial charge < -0.3 is 4.74 Å². The Labute approximate surface area is 170 Å². The molecule has 0 bridgehead atoms.